The molecule has 3 aromatic rings. The van der Waals surface area contributed by atoms with Gasteiger partial charge < -0.3 is 5.32 Å². The Kier molecular flexibility index (Phi) is 4.22. The molecular weight excluding hydrogens is 310 g/mol. The summed E-state index contributed by atoms with van der Waals surface area (Å²) in [6.07, 6.45) is 8.34. The van der Waals surface area contributed by atoms with Crippen LogP contribution in [0.3, 0.4) is 0 Å². The molecular formula is C20H23N5. The fourth-order valence-electron chi connectivity index (χ4n) is 3.46. The van der Waals surface area contributed by atoms with E-state index >= 15 is 0 Å². The van der Waals surface area contributed by atoms with Crippen molar-refractivity contribution >= 4 is 5.82 Å². The molecule has 1 aliphatic carbocycles. The summed E-state index contributed by atoms with van der Waals surface area (Å²) in [7, 11) is 0. The molecule has 4 rings (SSSR count). The number of hydrogen-bond donors (Lipinski definition) is 1. The van der Waals surface area contributed by atoms with E-state index in [1.54, 1.807) is 6.20 Å². The van der Waals surface area contributed by atoms with Crippen molar-refractivity contribution in [1.29, 1.82) is 0 Å². The Bertz CT molecular complexity index is 853. The van der Waals surface area contributed by atoms with Crippen molar-refractivity contribution in [3.8, 4) is 5.69 Å². The van der Waals surface area contributed by atoms with E-state index in [1.807, 2.05) is 23.9 Å². The molecule has 1 unspecified atom stereocenters. The van der Waals surface area contributed by atoms with Gasteiger partial charge >= 0.3 is 0 Å². The summed E-state index contributed by atoms with van der Waals surface area (Å²) in [5.41, 5.74) is 4.83. The topological polar surface area (TPSA) is 55.6 Å². The van der Waals surface area contributed by atoms with Crippen LogP contribution in [0.15, 0.2) is 42.7 Å². The first-order valence-corrected chi connectivity index (χ1v) is 8.93. The van der Waals surface area contributed by atoms with Crippen molar-refractivity contribution in [1.82, 2.24) is 19.7 Å². The summed E-state index contributed by atoms with van der Waals surface area (Å²) in [6.45, 7) is 4.15. The summed E-state index contributed by atoms with van der Waals surface area (Å²) >= 11 is 0. The Morgan fingerprint density at radius 2 is 1.88 bits per heavy atom. The van der Waals surface area contributed by atoms with Gasteiger partial charge in [0, 0.05) is 29.7 Å². The van der Waals surface area contributed by atoms with E-state index in [0.717, 1.165) is 30.2 Å². The summed E-state index contributed by atoms with van der Waals surface area (Å²) in [6, 6.07) is 10.6. The van der Waals surface area contributed by atoms with E-state index < -0.39 is 0 Å². The zero-order valence-electron chi connectivity index (χ0n) is 14.7. The molecule has 25 heavy (non-hydrogen) atoms. The van der Waals surface area contributed by atoms with Crippen LogP contribution in [0.2, 0.25) is 0 Å². The van der Waals surface area contributed by atoms with E-state index in [-0.39, 0.29) is 6.04 Å². The zero-order valence-corrected chi connectivity index (χ0v) is 14.7. The number of aryl methyl sites for hydroxylation is 2. The van der Waals surface area contributed by atoms with Crippen LogP contribution in [0.5, 0.6) is 0 Å². The highest BCUT2D eigenvalue weighted by Gasteiger charge is 2.18. The molecule has 128 valence electrons. The highest BCUT2D eigenvalue weighted by molar-refractivity contribution is 5.50. The maximum absolute atomic E-state index is 4.67. The second-order valence-corrected chi connectivity index (χ2v) is 6.66. The minimum absolute atomic E-state index is 0.187. The molecule has 0 saturated heterocycles. The van der Waals surface area contributed by atoms with Gasteiger partial charge in [0.25, 0.3) is 0 Å². The van der Waals surface area contributed by atoms with Crippen LogP contribution in [0.1, 0.15) is 48.5 Å². The average Bonchev–Trinajstić information content (AvgIpc) is 3.16. The number of nitrogens with one attached hydrogen (secondary N) is 1. The predicted molar refractivity (Wildman–Crippen MR) is 99.0 cm³/mol. The standard InChI is InChI=1S/C20H23N5/c1-14(16-8-10-17(11-9-16)25-13-5-12-21-25)22-20-18-6-3-4-7-19(18)23-15(2)24-20/h5,8-14H,3-4,6-7H2,1-2H3,(H,22,23,24). The third-order valence-electron chi connectivity index (χ3n) is 4.81. The second-order valence-electron chi connectivity index (χ2n) is 6.66. The summed E-state index contributed by atoms with van der Waals surface area (Å²) < 4.78 is 1.87. The molecule has 1 aromatic carbocycles. The molecule has 1 aliphatic rings. The molecule has 2 heterocycles. The molecule has 1 atom stereocenters. The number of benzene rings is 1. The van der Waals surface area contributed by atoms with Gasteiger partial charge in [-0.05, 0) is 63.3 Å². The SMILES string of the molecule is Cc1nc2c(c(NC(C)c3ccc(-n4cccn4)cc3)n1)CCCC2. The van der Waals surface area contributed by atoms with Crippen LogP contribution in [0, 0.1) is 6.92 Å². The van der Waals surface area contributed by atoms with Crippen LogP contribution in [0.25, 0.3) is 5.69 Å². The van der Waals surface area contributed by atoms with Gasteiger partial charge in [-0.2, -0.15) is 5.10 Å². The molecule has 0 amide bonds. The molecule has 2 aromatic heterocycles. The van der Waals surface area contributed by atoms with Crippen molar-refractivity contribution in [3.05, 3.63) is 65.4 Å². The smallest absolute Gasteiger partial charge is 0.133 e. The average molecular weight is 333 g/mol. The van der Waals surface area contributed by atoms with Crippen LogP contribution < -0.4 is 5.32 Å². The van der Waals surface area contributed by atoms with E-state index in [0.29, 0.717) is 0 Å². The molecule has 0 aliphatic heterocycles. The zero-order chi connectivity index (χ0) is 17.2. The third kappa shape index (κ3) is 3.27. The molecule has 0 fully saturated rings. The molecule has 5 heteroatoms. The van der Waals surface area contributed by atoms with Crippen molar-refractivity contribution in [2.45, 2.75) is 45.6 Å². The Morgan fingerprint density at radius 3 is 2.64 bits per heavy atom. The van der Waals surface area contributed by atoms with E-state index in [2.05, 4.69) is 51.6 Å². The van der Waals surface area contributed by atoms with Crippen molar-refractivity contribution in [2.24, 2.45) is 0 Å². The molecule has 0 radical (unpaired) electrons. The van der Waals surface area contributed by atoms with Crippen molar-refractivity contribution in [3.63, 3.8) is 0 Å². The lowest BCUT2D eigenvalue weighted by atomic mass is 9.96. The number of nitrogens with zero attached hydrogens (tertiary/aromatic N) is 4. The number of aromatic nitrogens is 4. The van der Waals surface area contributed by atoms with Crippen LogP contribution in [0.4, 0.5) is 5.82 Å². The molecule has 0 saturated carbocycles. The van der Waals surface area contributed by atoms with Crippen LogP contribution >= 0.6 is 0 Å². The van der Waals surface area contributed by atoms with E-state index in [1.165, 1.54) is 29.7 Å². The first kappa shape index (κ1) is 15.8. The van der Waals surface area contributed by atoms with Crippen LogP contribution in [-0.2, 0) is 12.8 Å². The normalized spacial score (nSPS) is 14.8. The van der Waals surface area contributed by atoms with E-state index in [4.69, 9.17) is 0 Å². The molecule has 0 spiro atoms. The monoisotopic (exact) mass is 333 g/mol. The van der Waals surface area contributed by atoms with Gasteiger partial charge in [-0.1, -0.05) is 12.1 Å². The van der Waals surface area contributed by atoms with Crippen LogP contribution in [-0.4, -0.2) is 19.7 Å². The highest BCUT2D eigenvalue weighted by Crippen LogP contribution is 2.28. The number of hydrogen-bond acceptors (Lipinski definition) is 4. The quantitative estimate of drug-likeness (QED) is 0.783. The summed E-state index contributed by atoms with van der Waals surface area (Å²) in [5.74, 6) is 1.86. The fourth-order valence-corrected chi connectivity index (χ4v) is 3.46. The van der Waals surface area contributed by atoms with Gasteiger partial charge in [0.2, 0.25) is 0 Å². The maximum atomic E-state index is 4.67. The molecule has 5 nitrogen and oxygen atoms in total. The van der Waals surface area contributed by atoms with Gasteiger partial charge in [0.05, 0.1) is 5.69 Å². The van der Waals surface area contributed by atoms with Gasteiger partial charge in [0.15, 0.2) is 0 Å². The Labute approximate surface area is 148 Å². The van der Waals surface area contributed by atoms with Gasteiger partial charge in [0.1, 0.15) is 11.6 Å². The summed E-state index contributed by atoms with van der Waals surface area (Å²) in [5, 5.41) is 7.88. The Hall–Kier alpha value is -2.69. The first-order valence-electron chi connectivity index (χ1n) is 8.93. The molecule has 0 bridgehead atoms. The van der Waals surface area contributed by atoms with Crippen molar-refractivity contribution in [2.75, 3.05) is 5.32 Å². The lowest BCUT2D eigenvalue weighted by molar-refractivity contribution is 0.657. The minimum atomic E-state index is 0.187. The predicted octanol–water partition coefficient (Wildman–Crippen LogP) is 4.02. The maximum Gasteiger partial charge on any atom is 0.133 e. The second kappa shape index (κ2) is 6.67. The first-order chi connectivity index (χ1) is 12.2. The number of rotatable bonds is 4. The number of fused-ring (bicyclic) bond motifs is 1. The molecule has 1 N–H and O–H groups in total. The lowest BCUT2D eigenvalue weighted by Gasteiger charge is -2.22. The highest BCUT2D eigenvalue weighted by atomic mass is 15.3. The largest absolute Gasteiger partial charge is 0.363 e. The van der Waals surface area contributed by atoms with Gasteiger partial charge in [-0.15, -0.1) is 0 Å². The minimum Gasteiger partial charge on any atom is -0.363 e. The fraction of sp³-hybridized carbons (Fsp3) is 0.350. The number of anilines is 1. The van der Waals surface area contributed by atoms with Crippen molar-refractivity contribution < 1.29 is 0 Å². The Morgan fingerprint density at radius 1 is 1.08 bits per heavy atom. The Balaban J connectivity index is 1.56. The third-order valence-corrected chi connectivity index (χ3v) is 4.81. The van der Waals surface area contributed by atoms with Gasteiger partial charge in [-0.3, -0.25) is 0 Å². The lowest BCUT2D eigenvalue weighted by Crippen LogP contribution is -2.16. The van der Waals surface area contributed by atoms with Gasteiger partial charge in [-0.25, -0.2) is 14.6 Å². The summed E-state index contributed by atoms with van der Waals surface area (Å²) in [4.78, 5) is 9.31. The van der Waals surface area contributed by atoms with E-state index in [9.17, 15) is 0 Å².